The van der Waals surface area contributed by atoms with Crippen molar-refractivity contribution in [2.75, 3.05) is 44.2 Å². The summed E-state index contributed by atoms with van der Waals surface area (Å²) >= 11 is 0. The molecule has 0 aliphatic carbocycles. The summed E-state index contributed by atoms with van der Waals surface area (Å²) in [6.07, 6.45) is 2.99. The Labute approximate surface area is 180 Å². The fraction of sp³-hybridized carbons (Fsp3) is 0.391. The van der Waals surface area contributed by atoms with Crippen LogP contribution in [0.15, 0.2) is 48.7 Å². The van der Waals surface area contributed by atoms with Crippen LogP contribution in [0.3, 0.4) is 0 Å². The highest BCUT2D eigenvalue weighted by Gasteiger charge is 2.39. The van der Waals surface area contributed by atoms with Gasteiger partial charge in [0.2, 0.25) is 11.8 Å². The van der Waals surface area contributed by atoms with Crippen molar-refractivity contribution in [3.8, 4) is 0 Å². The first-order valence-corrected chi connectivity index (χ1v) is 10.8. The zero-order valence-electron chi connectivity index (χ0n) is 17.4. The molecule has 2 aliphatic heterocycles. The lowest BCUT2D eigenvalue weighted by molar-refractivity contribution is -0.137. The number of carbonyl (C=O) groups excluding carboxylic acids is 2. The van der Waals surface area contributed by atoms with E-state index in [4.69, 9.17) is 0 Å². The van der Waals surface area contributed by atoms with Gasteiger partial charge < -0.3 is 4.90 Å². The minimum Gasteiger partial charge on any atom is -0.340 e. The number of anilines is 1. The minimum absolute atomic E-state index is 0.0374. The highest BCUT2D eigenvalue weighted by molar-refractivity contribution is 6.05. The zero-order valence-corrected chi connectivity index (χ0v) is 17.4. The third-order valence-corrected chi connectivity index (χ3v) is 6.27. The molecule has 3 aromatic rings. The molecule has 0 bridgehead atoms. The largest absolute Gasteiger partial charge is 0.340 e. The number of aromatic nitrogens is 3. The fourth-order valence-corrected chi connectivity index (χ4v) is 4.50. The predicted octanol–water partition coefficient (Wildman–Crippen LogP) is 1.70. The highest BCUT2D eigenvalue weighted by Crippen LogP contribution is 2.30. The van der Waals surface area contributed by atoms with E-state index in [9.17, 15) is 9.59 Å². The van der Waals surface area contributed by atoms with Gasteiger partial charge in [-0.25, -0.2) is 0 Å². The topological polar surface area (TPSA) is 85.4 Å². The third kappa shape index (κ3) is 4.03. The van der Waals surface area contributed by atoms with Crippen molar-refractivity contribution in [3.63, 3.8) is 0 Å². The number of nitrogens with one attached hydrogen (secondary N) is 1. The van der Waals surface area contributed by atoms with Crippen LogP contribution in [0.1, 0.15) is 12.1 Å². The lowest BCUT2D eigenvalue weighted by Crippen LogP contribution is -2.51. The molecule has 5 rings (SSSR count). The van der Waals surface area contributed by atoms with Gasteiger partial charge >= 0.3 is 0 Å². The molecule has 1 atom stereocenters. The number of nitrogens with zero attached hydrogens (tertiary/aromatic N) is 5. The van der Waals surface area contributed by atoms with E-state index >= 15 is 0 Å². The Morgan fingerprint density at radius 1 is 1.06 bits per heavy atom. The van der Waals surface area contributed by atoms with E-state index in [-0.39, 0.29) is 24.2 Å². The van der Waals surface area contributed by atoms with Crippen LogP contribution in [0.5, 0.6) is 0 Å². The van der Waals surface area contributed by atoms with E-state index in [1.54, 1.807) is 4.90 Å². The summed E-state index contributed by atoms with van der Waals surface area (Å²) in [6.45, 7) is 4.46. The summed E-state index contributed by atoms with van der Waals surface area (Å²) in [4.78, 5) is 36.1. The third-order valence-electron chi connectivity index (χ3n) is 6.27. The number of amides is 2. The summed E-state index contributed by atoms with van der Waals surface area (Å²) in [5.74, 6) is 0.364. The number of piperazine rings is 1. The van der Waals surface area contributed by atoms with Crippen molar-refractivity contribution in [2.24, 2.45) is 5.92 Å². The minimum atomic E-state index is -0.303. The Balaban J connectivity index is 1.16. The second-order valence-corrected chi connectivity index (χ2v) is 8.24. The molecule has 4 heterocycles. The molecule has 2 saturated heterocycles. The average Bonchev–Trinajstić information content (AvgIpc) is 3.41. The SMILES string of the molecule is O=C([C@@H]1CC(=O)N(c2n[nH]c3ccccc23)C1)N1CCN(CCc2ccccn2)CC1. The molecule has 160 valence electrons. The van der Waals surface area contributed by atoms with Gasteiger partial charge in [-0.15, -0.1) is 0 Å². The van der Waals surface area contributed by atoms with E-state index in [1.807, 2.05) is 53.6 Å². The quantitative estimate of drug-likeness (QED) is 0.682. The van der Waals surface area contributed by atoms with Crippen LogP contribution in [0.2, 0.25) is 0 Å². The molecule has 2 aliphatic rings. The molecule has 2 fully saturated rings. The average molecular weight is 419 g/mol. The second-order valence-electron chi connectivity index (χ2n) is 8.24. The number of pyridine rings is 1. The first kappa shape index (κ1) is 19.7. The van der Waals surface area contributed by atoms with E-state index in [2.05, 4.69) is 20.1 Å². The van der Waals surface area contributed by atoms with E-state index in [0.29, 0.717) is 25.5 Å². The fourth-order valence-electron chi connectivity index (χ4n) is 4.50. The van der Waals surface area contributed by atoms with Gasteiger partial charge in [0, 0.05) is 69.4 Å². The molecule has 31 heavy (non-hydrogen) atoms. The van der Waals surface area contributed by atoms with Gasteiger partial charge in [0.15, 0.2) is 5.82 Å². The first-order chi connectivity index (χ1) is 15.2. The highest BCUT2D eigenvalue weighted by atomic mass is 16.2. The van der Waals surface area contributed by atoms with Crippen LogP contribution in [0, 0.1) is 5.92 Å². The Bertz CT molecular complexity index is 1070. The molecular formula is C23H26N6O2. The van der Waals surface area contributed by atoms with Crippen molar-refractivity contribution in [1.82, 2.24) is 25.0 Å². The maximum atomic E-state index is 13.1. The lowest BCUT2D eigenvalue weighted by atomic mass is 10.1. The predicted molar refractivity (Wildman–Crippen MR) is 118 cm³/mol. The van der Waals surface area contributed by atoms with Gasteiger partial charge in [0.1, 0.15) is 0 Å². The molecule has 8 heteroatoms. The Morgan fingerprint density at radius 3 is 2.68 bits per heavy atom. The first-order valence-electron chi connectivity index (χ1n) is 10.8. The van der Waals surface area contributed by atoms with Crippen molar-refractivity contribution < 1.29 is 9.59 Å². The van der Waals surface area contributed by atoms with Gasteiger partial charge in [0.25, 0.3) is 0 Å². The molecule has 2 aromatic heterocycles. The summed E-state index contributed by atoms with van der Waals surface area (Å²) in [6, 6.07) is 13.7. The second kappa shape index (κ2) is 8.47. The molecule has 1 aromatic carbocycles. The molecular weight excluding hydrogens is 392 g/mol. The number of fused-ring (bicyclic) bond motifs is 1. The molecule has 0 spiro atoms. The number of H-pyrrole nitrogens is 1. The van der Waals surface area contributed by atoms with Crippen LogP contribution in [-0.2, 0) is 16.0 Å². The van der Waals surface area contributed by atoms with Crippen molar-refractivity contribution >= 4 is 28.5 Å². The number of para-hydroxylation sites is 1. The molecule has 8 nitrogen and oxygen atoms in total. The standard InChI is InChI=1S/C23H26N6O2/c30-21-15-17(16-29(21)22-19-6-1-2-7-20(19)25-26-22)23(31)28-13-11-27(12-14-28)10-8-18-5-3-4-9-24-18/h1-7,9,17H,8,10-16H2,(H,25,26)/t17-/m1/s1. The normalized spacial score (nSPS) is 20.0. The number of hydrogen-bond donors (Lipinski definition) is 1. The molecule has 0 radical (unpaired) electrons. The monoisotopic (exact) mass is 418 g/mol. The van der Waals surface area contributed by atoms with Gasteiger partial charge in [-0.3, -0.25) is 29.5 Å². The van der Waals surface area contributed by atoms with Crippen LogP contribution < -0.4 is 4.90 Å². The Hall–Kier alpha value is -3.26. The number of rotatable bonds is 5. The van der Waals surface area contributed by atoms with Gasteiger partial charge in [-0.1, -0.05) is 18.2 Å². The lowest BCUT2D eigenvalue weighted by Gasteiger charge is -2.35. The van der Waals surface area contributed by atoms with Crippen LogP contribution >= 0.6 is 0 Å². The van der Waals surface area contributed by atoms with Crippen molar-refractivity contribution in [1.29, 1.82) is 0 Å². The molecule has 0 saturated carbocycles. The van der Waals surface area contributed by atoms with Gasteiger partial charge in [-0.05, 0) is 24.3 Å². The summed E-state index contributed by atoms with van der Waals surface area (Å²) < 4.78 is 0. The maximum absolute atomic E-state index is 13.1. The molecule has 1 N–H and O–H groups in total. The number of hydrogen-bond acceptors (Lipinski definition) is 5. The maximum Gasteiger partial charge on any atom is 0.229 e. The van der Waals surface area contributed by atoms with E-state index in [0.717, 1.165) is 42.7 Å². The van der Waals surface area contributed by atoms with Crippen LogP contribution in [0.25, 0.3) is 10.9 Å². The van der Waals surface area contributed by atoms with Gasteiger partial charge in [-0.2, -0.15) is 5.10 Å². The van der Waals surface area contributed by atoms with E-state index in [1.165, 1.54) is 0 Å². The number of aromatic amines is 1. The summed E-state index contributed by atoms with van der Waals surface area (Å²) in [5, 5.41) is 8.21. The zero-order chi connectivity index (χ0) is 21.2. The summed E-state index contributed by atoms with van der Waals surface area (Å²) in [7, 11) is 0. The van der Waals surface area contributed by atoms with E-state index < -0.39 is 0 Å². The molecule has 0 unspecified atom stereocenters. The van der Waals surface area contributed by atoms with Crippen molar-refractivity contribution in [3.05, 3.63) is 54.4 Å². The van der Waals surface area contributed by atoms with Gasteiger partial charge in [0.05, 0.1) is 11.4 Å². The Morgan fingerprint density at radius 2 is 1.87 bits per heavy atom. The molecule has 2 amide bonds. The van der Waals surface area contributed by atoms with Crippen LogP contribution in [-0.4, -0.2) is 76.1 Å². The summed E-state index contributed by atoms with van der Waals surface area (Å²) in [5.41, 5.74) is 1.98. The van der Waals surface area contributed by atoms with Crippen molar-refractivity contribution in [2.45, 2.75) is 12.8 Å². The number of carbonyl (C=O) groups is 2. The van der Waals surface area contributed by atoms with Crippen LogP contribution in [0.4, 0.5) is 5.82 Å². The Kier molecular flexibility index (Phi) is 5.38. The smallest absolute Gasteiger partial charge is 0.229 e. The number of benzene rings is 1.